The number of ether oxygens (including phenoxy) is 2. The van der Waals surface area contributed by atoms with Crippen LogP contribution in [0.5, 0.6) is 0 Å². The van der Waals surface area contributed by atoms with Crippen molar-refractivity contribution in [2.75, 3.05) is 32.1 Å². The molecule has 0 aliphatic heterocycles. The van der Waals surface area contributed by atoms with E-state index in [9.17, 15) is 33.0 Å². The van der Waals surface area contributed by atoms with Crippen LogP contribution < -0.4 is 5.32 Å². The van der Waals surface area contributed by atoms with Crippen LogP contribution in [0.15, 0.2) is 0 Å². The van der Waals surface area contributed by atoms with Gasteiger partial charge in [-0.05, 0) is 25.2 Å². The Balaban J connectivity index is 2.60. The van der Waals surface area contributed by atoms with E-state index >= 15 is 0 Å². The summed E-state index contributed by atoms with van der Waals surface area (Å²) in [5, 5.41) is 22.7. The Morgan fingerprint density at radius 1 is 1.06 bits per heavy atom. The first-order chi connectivity index (χ1) is 14.8. The van der Waals surface area contributed by atoms with E-state index < -0.39 is 52.2 Å². The van der Waals surface area contributed by atoms with Crippen molar-refractivity contribution in [3.05, 3.63) is 0 Å². The molecule has 0 saturated heterocycles. The van der Waals surface area contributed by atoms with Gasteiger partial charge in [0.1, 0.15) is 6.61 Å². The summed E-state index contributed by atoms with van der Waals surface area (Å²) in [6.07, 6.45) is 4.15. The summed E-state index contributed by atoms with van der Waals surface area (Å²) in [7, 11) is -4.04. The number of carbonyl (C=O) groups excluding carboxylic acids is 2. The quantitative estimate of drug-likeness (QED) is 0.199. The third kappa shape index (κ3) is 9.29. The number of carboxylic acids is 1. The summed E-state index contributed by atoms with van der Waals surface area (Å²) in [6.45, 7) is 2.55. The van der Waals surface area contributed by atoms with Crippen LogP contribution in [0.2, 0.25) is 0 Å². The Hall–Kier alpha value is -1.92. The minimum absolute atomic E-state index is 0.0987. The monoisotopic (exact) mass is 481 g/mol. The van der Waals surface area contributed by atoms with E-state index in [-0.39, 0.29) is 31.4 Å². The molecule has 11 nitrogen and oxygen atoms in total. The lowest BCUT2D eigenvalue weighted by atomic mass is 9.76. The van der Waals surface area contributed by atoms with Crippen molar-refractivity contribution in [2.45, 2.75) is 64.9 Å². The fourth-order valence-corrected chi connectivity index (χ4v) is 4.31. The second-order valence-electron chi connectivity index (χ2n) is 8.76. The van der Waals surface area contributed by atoms with Crippen molar-refractivity contribution < 1.29 is 46.7 Å². The number of nitrogens with one attached hydrogen (secondary N) is 1. The van der Waals surface area contributed by atoms with E-state index in [0.29, 0.717) is 0 Å². The van der Waals surface area contributed by atoms with Gasteiger partial charge in [-0.1, -0.05) is 33.1 Å². The summed E-state index contributed by atoms with van der Waals surface area (Å²) in [5.41, 5.74) is -4.27. The molecule has 1 atom stereocenters. The molecule has 186 valence electrons. The molecule has 0 heterocycles. The van der Waals surface area contributed by atoms with Crippen molar-refractivity contribution in [1.82, 2.24) is 5.32 Å². The molecular formula is C20H35NO10S. The number of amides is 1. The Bertz CT molecular complexity index is 745. The fourth-order valence-electron chi connectivity index (χ4n) is 3.22. The third-order valence-corrected chi connectivity index (χ3v) is 6.84. The number of carbonyl (C=O) groups is 3. The van der Waals surface area contributed by atoms with Crippen LogP contribution in [0.4, 0.5) is 4.79 Å². The molecule has 1 aliphatic carbocycles. The van der Waals surface area contributed by atoms with Crippen LogP contribution in [0.3, 0.4) is 0 Å². The zero-order valence-corrected chi connectivity index (χ0v) is 19.7. The van der Waals surface area contributed by atoms with E-state index in [1.165, 1.54) is 20.8 Å². The van der Waals surface area contributed by atoms with Gasteiger partial charge in [0, 0.05) is 18.9 Å². The fraction of sp³-hybridized carbons (Fsp3) is 0.850. The average Bonchev–Trinajstić information content (AvgIpc) is 2.72. The first kappa shape index (κ1) is 28.1. The zero-order valence-electron chi connectivity index (χ0n) is 18.9. The molecule has 0 bridgehead atoms. The normalized spacial score (nSPS) is 17.2. The maximum absolute atomic E-state index is 12.1. The topological polar surface area (TPSA) is 166 Å². The molecule has 0 unspecified atom stereocenters. The van der Waals surface area contributed by atoms with Gasteiger partial charge in [-0.3, -0.25) is 8.98 Å². The maximum atomic E-state index is 12.1. The molecule has 0 aromatic carbocycles. The minimum Gasteiger partial charge on any atom is -0.479 e. The molecule has 1 rings (SSSR count). The van der Waals surface area contributed by atoms with Crippen LogP contribution >= 0.6 is 0 Å². The van der Waals surface area contributed by atoms with Crippen molar-refractivity contribution in [1.29, 1.82) is 0 Å². The molecule has 0 spiro atoms. The van der Waals surface area contributed by atoms with Gasteiger partial charge in [-0.25, -0.2) is 9.59 Å². The van der Waals surface area contributed by atoms with Crippen LogP contribution in [0, 0.1) is 11.3 Å². The van der Waals surface area contributed by atoms with Gasteiger partial charge in [0.05, 0.1) is 19.0 Å². The van der Waals surface area contributed by atoms with E-state index in [2.05, 4.69) is 5.32 Å². The number of rotatable bonds is 13. The number of hydrogen-bond acceptors (Lipinski definition) is 9. The second-order valence-corrected chi connectivity index (χ2v) is 10.5. The van der Waals surface area contributed by atoms with Crippen LogP contribution in [-0.2, 0) is 33.4 Å². The minimum atomic E-state index is -4.04. The predicted molar refractivity (Wildman–Crippen MR) is 113 cm³/mol. The van der Waals surface area contributed by atoms with Gasteiger partial charge in [-0.2, -0.15) is 8.42 Å². The highest BCUT2D eigenvalue weighted by Crippen LogP contribution is 2.33. The van der Waals surface area contributed by atoms with Gasteiger partial charge in [-0.15, -0.1) is 0 Å². The number of hydrogen-bond donors (Lipinski definition) is 3. The Morgan fingerprint density at radius 2 is 1.69 bits per heavy atom. The molecule has 1 saturated carbocycles. The van der Waals surface area contributed by atoms with Crippen molar-refractivity contribution in [3.8, 4) is 0 Å². The Morgan fingerprint density at radius 3 is 2.25 bits per heavy atom. The SMILES string of the molecule is CC(=O)NCCCS(=O)(=O)OCC(C)(C)[C@@](O)(COC(=O)OCC1CCCCC1)C(=O)O. The van der Waals surface area contributed by atoms with E-state index in [0.717, 1.165) is 32.1 Å². The molecule has 0 aromatic heterocycles. The second kappa shape index (κ2) is 12.4. The number of aliphatic hydroxyl groups is 1. The summed E-state index contributed by atoms with van der Waals surface area (Å²) in [5.74, 6) is -2.17. The highest BCUT2D eigenvalue weighted by molar-refractivity contribution is 7.86. The third-order valence-electron chi connectivity index (χ3n) is 5.58. The van der Waals surface area contributed by atoms with Gasteiger partial charge >= 0.3 is 12.1 Å². The van der Waals surface area contributed by atoms with Crippen molar-refractivity contribution >= 4 is 28.1 Å². The number of carboxylic acid groups (broad SMARTS) is 1. The molecule has 1 fully saturated rings. The maximum Gasteiger partial charge on any atom is 0.508 e. The smallest absolute Gasteiger partial charge is 0.479 e. The summed E-state index contributed by atoms with van der Waals surface area (Å²) in [4.78, 5) is 34.5. The van der Waals surface area contributed by atoms with Gasteiger partial charge in [0.2, 0.25) is 11.5 Å². The molecular weight excluding hydrogens is 446 g/mol. The van der Waals surface area contributed by atoms with Gasteiger partial charge in [0.15, 0.2) is 0 Å². The van der Waals surface area contributed by atoms with Crippen LogP contribution in [-0.4, -0.2) is 74.4 Å². The van der Waals surface area contributed by atoms with Crippen molar-refractivity contribution in [3.63, 3.8) is 0 Å². The lowest BCUT2D eigenvalue weighted by Crippen LogP contribution is -2.57. The summed E-state index contributed by atoms with van der Waals surface area (Å²) in [6, 6.07) is 0. The van der Waals surface area contributed by atoms with E-state index in [1.807, 2.05) is 0 Å². The van der Waals surface area contributed by atoms with E-state index in [4.69, 9.17) is 13.7 Å². The molecule has 0 radical (unpaired) electrons. The lowest BCUT2D eigenvalue weighted by Gasteiger charge is -2.37. The zero-order chi connectivity index (χ0) is 24.4. The molecule has 32 heavy (non-hydrogen) atoms. The van der Waals surface area contributed by atoms with Crippen LogP contribution in [0.25, 0.3) is 0 Å². The predicted octanol–water partition coefficient (Wildman–Crippen LogP) is 1.43. The van der Waals surface area contributed by atoms with Crippen LogP contribution in [0.1, 0.15) is 59.3 Å². The summed E-state index contributed by atoms with van der Waals surface area (Å²) >= 11 is 0. The Labute approximate surface area is 188 Å². The molecule has 1 amide bonds. The highest BCUT2D eigenvalue weighted by Gasteiger charge is 2.52. The first-order valence-electron chi connectivity index (χ1n) is 10.7. The van der Waals surface area contributed by atoms with Gasteiger partial charge in [0.25, 0.3) is 10.1 Å². The standard InChI is InChI=1S/C20H35NO10S/c1-15(22)21-10-7-11-32(27,28)31-13-19(2,3)20(26,17(23)24)14-30-18(25)29-12-16-8-5-4-6-9-16/h16,26H,4-14H2,1-3H3,(H,21,22)(H,23,24)/t20-/m1/s1. The largest absolute Gasteiger partial charge is 0.508 e. The molecule has 1 aliphatic rings. The molecule has 3 N–H and O–H groups in total. The molecule has 0 aromatic rings. The summed E-state index contributed by atoms with van der Waals surface area (Å²) < 4.78 is 38.9. The lowest BCUT2D eigenvalue weighted by molar-refractivity contribution is -0.184. The molecule has 12 heteroatoms. The Kier molecular flexibility index (Phi) is 10.9. The highest BCUT2D eigenvalue weighted by atomic mass is 32.2. The van der Waals surface area contributed by atoms with Crippen molar-refractivity contribution in [2.24, 2.45) is 11.3 Å². The first-order valence-corrected chi connectivity index (χ1v) is 12.2. The van der Waals surface area contributed by atoms with E-state index in [1.54, 1.807) is 0 Å². The van der Waals surface area contributed by atoms with Gasteiger partial charge < -0.3 is 25.0 Å². The number of aliphatic carboxylic acids is 1. The average molecular weight is 482 g/mol.